The van der Waals surface area contributed by atoms with E-state index < -0.39 is 11.6 Å². The number of nitrogens with one attached hydrogen (secondary N) is 1. The summed E-state index contributed by atoms with van der Waals surface area (Å²) in [5.74, 6) is -0.762. The predicted molar refractivity (Wildman–Crippen MR) is 93.4 cm³/mol. The fraction of sp³-hybridized carbons (Fsp3) is 0.350. The Hall–Kier alpha value is -2.20. The Balaban J connectivity index is 1.92. The van der Waals surface area contributed by atoms with Crippen LogP contribution in [0, 0.1) is 5.82 Å². The minimum Gasteiger partial charge on any atom is -0.456 e. The van der Waals surface area contributed by atoms with E-state index in [4.69, 9.17) is 4.74 Å². The lowest BCUT2D eigenvalue weighted by Gasteiger charge is -2.19. The average molecular weight is 329 g/mol. The van der Waals surface area contributed by atoms with Crippen LogP contribution in [0.2, 0.25) is 0 Å². The summed E-state index contributed by atoms with van der Waals surface area (Å²) in [6, 6.07) is 14.4. The molecule has 0 saturated carbocycles. The minimum atomic E-state index is -0.570. The minimum absolute atomic E-state index is 0.325. The van der Waals surface area contributed by atoms with E-state index in [1.165, 1.54) is 17.7 Å². The molecule has 0 aliphatic heterocycles. The van der Waals surface area contributed by atoms with E-state index >= 15 is 0 Å². The highest BCUT2D eigenvalue weighted by molar-refractivity contribution is 5.89. The smallest absolute Gasteiger partial charge is 0.338 e. The third-order valence-electron chi connectivity index (χ3n) is 3.43. The standard InChI is InChI=1S/C20H24FNO2/c1-20(2,3)24-19(23)16-9-10-18(21)17(13-16)14-22-12-11-15-7-5-4-6-8-15/h4-10,13,22H,11-12,14H2,1-3H3. The number of hydrogen-bond donors (Lipinski definition) is 1. The van der Waals surface area contributed by atoms with Crippen molar-refractivity contribution in [3.05, 3.63) is 71.0 Å². The lowest BCUT2D eigenvalue weighted by Crippen LogP contribution is -2.24. The van der Waals surface area contributed by atoms with Gasteiger partial charge in [-0.1, -0.05) is 30.3 Å². The Kier molecular flexibility index (Phi) is 6.10. The zero-order valence-electron chi connectivity index (χ0n) is 14.4. The molecule has 0 aliphatic carbocycles. The summed E-state index contributed by atoms with van der Waals surface area (Å²) in [4.78, 5) is 12.1. The van der Waals surface area contributed by atoms with Gasteiger partial charge in [0.05, 0.1) is 5.56 Å². The molecule has 4 heteroatoms. The molecule has 0 aliphatic rings. The molecule has 24 heavy (non-hydrogen) atoms. The van der Waals surface area contributed by atoms with Gasteiger partial charge in [0.1, 0.15) is 11.4 Å². The van der Waals surface area contributed by atoms with Gasteiger partial charge in [0.2, 0.25) is 0 Å². The van der Waals surface area contributed by atoms with E-state index in [1.807, 2.05) is 18.2 Å². The first-order chi connectivity index (χ1) is 11.3. The fourth-order valence-electron chi connectivity index (χ4n) is 2.27. The molecule has 0 atom stereocenters. The number of rotatable bonds is 6. The highest BCUT2D eigenvalue weighted by atomic mass is 19.1. The molecule has 2 aromatic carbocycles. The first-order valence-corrected chi connectivity index (χ1v) is 8.11. The van der Waals surface area contributed by atoms with Gasteiger partial charge in [-0.2, -0.15) is 0 Å². The molecule has 2 rings (SSSR count). The number of carbonyl (C=O) groups is 1. The van der Waals surface area contributed by atoms with Crippen molar-refractivity contribution >= 4 is 5.97 Å². The van der Waals surface area contributed by atoms with E-state index in [0.29, 0.717) is 17.7 Å². The van der Waals surface area contributed by atoms with Crippen LogP contribution in [-0.2, 0) is 17.7 Å². The maximum absolute atomic E-state index is 13.9. The van der Waals surface area contributed by atoms with Gasteiger partial charge in [0, 0.05) is 12.1 Å². The maximum atomic E-state index is 13.9. The summed E-state index contributed by atoms with van der Waals surface area (Å²) in [6.07, 6.45) is 0.869. The largest absolute Gasteiger partial charge is 0.456 e. The molecule has 1 N–H and O–H groups in total. The van der Waals surface area contributed by atoms with Crippen LogP contribution in [0.5, 0.6) is 0 Å². The zero-order valence-corrected chi connectivity index (χ0v) is 14.4. The van der Waals surface area contributed by atoms with Crippen LogP contribution in [0.3, 0.4) is 0 Å². The third kappa shape index (κ3) is 5.78. The molecule has 0 spiro atoms. The summed E-state index contributed by atoms with van der Waals surface area (Å²) in [5, 5.41) is 3.21. The van der Waals surface area contributed by atoms with Gasteiger partial charge < -0.3 is 10.1 Å². The molecule has 0 fully saturated rings. The second-order valence-corrected chi connectivity index (χ2v) is 6.72. The number of ether oxygens (including phenoxy) is 1. The van der Waals surface area contributed by atoms with Gasteiger partial charge in [-0.25, -0.2) is 9.18 Å². The van der Waals surface area contributed by atoms with Gasteiger partial charge in [-0.3, -0.25) is 0 Å². The van der Waals surface area contributed by atoms with Crippen LogP contribution in [0.15, 0.2) is 48.5 Å². The summed E-state index contributed by atoms with van der Waals surface area (Å²) < 4.78 is 19.2. The van der Waals surface area contributed by atoms with Crippen molar-refractivity contribution in [2.24, 2.45) is 0 Å². The zero-order chi connectivity index (χ0) is 17.6. The second kappa shape index (κ2) is 8.06. The highest BCUT2D eigenvalue weighted by Crippen LogP contribution is 2.15. The Morgan fingerprint density at radius 2 is 1.83 bits per heavy atom. The Labute approximate surface area is 142 Å². The molecule has 0 heterocycles. The van der Waals surface area contributed by atoms with E-state index in [9.17, 15) is 9.18 Å². The normalized spacial score (nSPS) is 11.3. The molecule has 0 radical (unpaired) electrons. The number of esters is 1. The van der Waals surface area contributed by atoms with Crippen molar-refractivity contribution in [2.75, 3.05) is 6.54 Å². The first-order valence-electron chi connectivity index (χ1n) is 8.11. The molecule has 0 amide bonds. The van der Waals surface area contributed by atoms with Crippen LogP contribution in [-0.4, -0.2) is 18.1 Å². The first kappa shape index (κ1) is 18.1. The lowest BCUT2D eigenvalue weighted by molar-refractivity contribution is 0.00693. The van der Waals surface area contributed by atoms with Gasteiger partial charge in [0.15, 0.2) is 0 Å². The van der Waals surface area contributed by atoms with Crippen LogP contribution in [0.1, 0.15) is 42.3 Å². The average Bonchev–Trinajstić information content (AvgIpc) is 2.52. The molecule has 0 bridgehead atoms. The molecule has 3 nitrogen and oxygen atoms in total. The van der Waals surface area contributed by atoms with Crippen molar-refractivity contribution in [1.82, 2.24) is 5.32 Å². The Bertz CT molecular complexity index is 678. The van der Waals surface area contributed by atoms with Crippen LogP contribution in [0.4, 0.5) is 4.39 Å². The quantitative estimate of drug-likeness (QED) is 0.640. The molecule has 2 aromatic rings. The maximum Gasteiger partial charge on any atom is 0.338 e. The van der Waals surface area contributed by atoms with Gasteiger partial charge in [-0.15, -0.1) is 0 Å². The highest BCUT2D eigenvalue weighted by Gasteiger charge is 2.18. The lowest BCUT2D eigenvalue weighted by atomic mass is 10.1. The molecule has 0 unspecified atom stereocenters. The van der Waals surface area contributed by atoms with Gasteiger partial charge >= 0.3 is 5.97 Å². The topological polar surface area (TPSA) is 38.3 Å². The molecule has 0 aromatic heterocycles. The predicted octanol–water partition coefficient (Wildman–Crippen LogP) is 4.11. The number of benzene rings is 2. The molecular weight excluding hydrogens is 305 g/mol. The summed E-state index contributed by atoms with van der Waals surface area (Å²) in [5.41, 5.74) is 1.49. The Morgan fingerprint density at radius 3 is 2.50 bits per heavy atom. The second-order valence-electron chi connectivity index (χ2n) is 6.72. The summed E-state index contributed by atoms with van der Waals surface area (Å²) in [7, 11) is 0. The molecule has 128 valence electrons. The summed E-state index contributed by atoms with van der Waals surface area (Å²) in [6.45, 7) is 6.52. The Morgan fingerprint density at radius 1 is 1.12 bits per heavy atom. The number of hydrogen-bond acceptors (Lipinski definition) is 3. The van der Waals surface area contributed by atoms with Crippen LogP contribution < -0.4 is 5.32 Å². The van der Waals surface area contributed by atoms with Crippen LogP contribution in [0.25, 0.3) is 0 Å². The van der Waals surface area contributed by atoms with E-state index in [-0.39, 0.29) is 5.82 Å². The van der Waals surface area contributed by atoms with E-state index in [1.54, 1.807) is 26.8 Å². The van der Waals surface area contributed by atoms with Crippen molar-refractivity contribution in [1.29, 1.82) is 0 Å². The van der Waals surface area contributed by atoms with E-state index in [0.717, 1.165) is 13.0 Å². The number of carbonyl (C=O) groups excluding carboxylic acids is 1. The molecular formula is C20H24FNO2. The van der Waals surface area contributed by atoms with E-state index in [2.05, 4.69) is 17.4 Å². The van der Waals surface area contributed by atoms with Crippen molar-refractivity contribution < 1.29 is 13.9 Å². The van der Waals surface area contributed by atoms with Crippen molar-refractivity contribution in [3.63, 3.8) is 0 Å². The van der Waals surface area contributed by atoms with Gasteiger partial charge in [-0.05, 0) is 57.5 Å². The SMILES string of the molecule is CC(C)(C)OC(=O)c1ccc(F)c(CNCCc2ccccc2)c1. The van der Waals surface area contributed by atoms with Crippen molar-refractivity contribution in [3.8, 4) is 0 Å². The third-order valence-corrected chi connectivity index (χ3v) is 3.43. The molecule has 0 saturated heterocycles. The monoisotopic (exact) mass is 329 g/mol. The number of halogens is 1. The fourth-order valence-corrected chi connectivity index (χ4v) is 2.27. The van der Waals surface area contributed by atoms with Crippen LogP contribution >= 0.6 is 0 Å². The summed E-state index contributed by atoms with van der Waals surface area (Å²) >= 11 is 0. The van der Waals surface area contributed by atoms with Gasteiger partial charge in [0.25, 0.3) is 0 Å². The van der Waals surface area contributed by atoms with Crippen molar-refractivity contribution in [2.45, 2.75) is 39.3 Å².